The van der Waals surface area contributed by atoms with Crippen molar-refractivity contribution in [1.82, 2.24) is 5.32 Å². The minimum atomic E-state index is -0.973. The molecule has 1 fully saturated rings. The van der Waals surface area contributed by atoms with Gasteiger partial charge in [0.15, 0.2) is 11.5 Å². The summed E-state index contributed by atoms with van der Waals surface area (Å²) in [5.41, 5.74) is 3.74. The maximum atomic E-state index is 13.4. The van der Waals surface area contributed by atoms with Gasteiger partial charge in [0.1, 0.15) is 11.6 Å². The molecule has 2 N–H and O–H groups in total. The van der Waals surface area contributed by atoms with Crippen LogP contribution in [0.2, 0.25) is 0 Å². The molecule has 0 saturated heterocycles. The van der Waals surface area contributed by atoms with Crippen LogP contribution in [0.3, 0.4) is 0 Å². The molecule has 2 aromatic carbocycles. The van der Waals surface area contributed by atoms with Crippen LogP contribution in [0, 0.1) is 0 Å². The standard InChI is InChI=1S/C31H34N2O5S/c1-37-26-17-20(14-15-25(26)38-19-21-8-7-9-22(16-21)31(35)36)18-32-30-28(24-12-5-6-13-27(24)39-30)29(34)33-23-10-3-2-4-11-23/h7-9,14-18,23H,2-6,10-13,19H2,1H3,(H,33,34)(H,35,36). The molecule has 0 spiro atoms. The second kappa shape index (κ2) is 12.5. The number of aliphatic imine (C=N–C) groups is 1. The number of nitrogens with one attached hydrogen (secondary N) is 1. The first-order valence-corrected chi connectivity index (χ1v) is 14.5. The number of thiophene rings is 1. The van der Waals surface area contributed by atoms with Crippen LogP contribution in [0.15, 0.2) is 47.5 Å². The van der Waals surface area contributed by atoms with E-state index in [0.29, 0.717) is 11.5 Å². The summed E-state index contributed by atoms with van der Waals surface area (Å²) in [7, 11) is 1.58. The van der Waals surface area contributed by atoms with Crippen LogP contribution < -0.4 is 14.8 Å². The van der Waals surface area contributed by atoms with Gasteiger partial charge in [-0.25, -0.2) is 9.79 Å². The Morgan fingerprint density at radius 1 is 1.05 bits per heavy atom. The van der Waals surface area contributed by atoms with Gasteiger partial charge >= 0.3 is 5.97 Å². The number of carboxylic acids is 1. The fourth-order valence-electron chi connectivity index (χ4n) is 5.35. The molecule has 3 aromatic rings. The van der Waals surface area contributed by atoms with Gasteiger partial charge in [0.05, 0.1) is 18.2 Å². The maximum absolute atomic E-state index is 13.4. The summed E-state index contributed by atoms with van der Waals surface area (Å²) in [4.78, 5) is 30.8. The second-order valence-corrected chi connectivity index (χ2v) is 11.2. The molecular formula is C31H34N2O5S. The van der Waals surface area contributed by atoms with Crippen molar-refractivity contribution in [3.05, 3.63) is 75.2 Å². The van der Waals surface area contributed by atoms with E-state index >= 15 is 0 Å². The van der Waals surface area contributed by atoms with Gasteiger partial charge in [-0.2, -0.15) is 0 Å². The number of nitrogens with zero attached hydrogens (tertiary/aromatic N) is 1. The van der Waals surface area contributed by atoms with Crippen LogP contribution in [0.5, 0.6) is 11.5 Å². The molecular weight excluding hydrogens is 512 g/mol. The minimum absolute atomic E-state index is 0.0155. The number of hydrogen-bond donors (Lipinski definition) is 2. The predicted octanol–water partition coefficient (Wildman–Crippen LogP) is 6.73. The van der Waals surface area contributed by atoms with Crippen molar-refractivity contribution in [2.24, 2.45) is 4.99 Å². The van der Waals surface area contributed by atoms with Gasteiger partial charge in [-0.05, 0) is 85.5 Å². The van der Waals surface area contributed by atoms with Crippen LogP contribution in [0.1, 0.15) is 87.2 Å². The number of carboxylic acid groups (broad SMARTS) is 1. The Bertz CT molecular complexity index is 1370. The molecule has 2 aliphatic rings. The third-order valence-electron chi connectivity index (χ3n) is 7.41. The lowest BCUT2D eigenvalue weighted by molar-refractivity contribution is 0.0696. The van der Waals surface area contributed by atoms with Crippen LogP contribution in [-0.4, -0.2) is 36.3 Å². The molecule has 1 saturated carbocycles. The molecule has 1 amide bonds. The second-order valence-electron chi connectivity index (χ2n) is 10.2. The molecule has 0 aliphatic heterocycles. The SMILES string of the molecule is COc1cc(C=Nc2sc3c(c2C(=O)NC2CCCCC2)CCCC3)ccc1OCc1cccc(C(=O)O)c1. The summed E-state index contributed by atoms with van der Waals surface area (Å²) >= 11 is 1.64. The largest absolute Gasteiger partial charge is 0.493 e. The highest BCUT2D eigenvalue weighted by molar-refractivity contribution is 7.16. The van der Waals surface area contributed by atoms with Gasteiger partial charge in [-0.1, -0.05) is 31.4 Å². The first kappa shape index (κ1) is 26.9. The summed E-state index contributed by atoms with van der Waals surface area (Å²) in [6.07, 6.45) is 11.7. The Hall–Kier alpha value is -3.65. The number of ether oxygens (including phenoxy) is 2. The first-order chi connectivity index (χ1) is 19.0. The fourth-order valence-corrected chi connectivity index (χ4v) is 6.58. The Morgan fingerprint density at radius 2 is 1.87 bits per heavy atom. The van der Waals surface area contributed by atoms with Crippen molar-refractivity contribution in [3.8, 4) is 11.5 Å². The average molecular weight is 547 g/mol. The van der Waals surface area contributed by atoms with E-state index in [1.54, 1.807) is 42.9 Å². The molecule has 1 heterocycles. The highest BCUT2D eigenvalue weighted by Gasteiger charge is 2.27. The van der Waals surface area contributed by atoms with E-state index in [2.05, 4.69) is 5.32 Å². The number of fused-ring (bicyclic) bond motifs is 1. The molecule has 1 aromatic heterocycles. The van der Waals surface area contributed by atoms with Crippen molar-refractivity contribution in [2.75, 3.05) is 7.11 Å². The van der Waals surface area contributed by atoms with Crippen LogP contribution in [-0.2, 0) is 19.4 Å². The zero-order valence-electron chi connectivity index (χ0n) is 22.2. The van der Waals surface area contributed by atoms with Gasteiger partial charge in [-0.15, -0.1) is 11.3 Å². The first-order valence-electron chi connectivity index (χ1n) is 13.6. The van der Waals surface area contributed by atoms with Gasteiger partial charge < -0.3 is 19.9 Å². The van der Waals surface area contributed by atoms with Gasteiger partial charge in [0, 0.05) is 17.1 Å². The number of amides is 1. The summed E-state index contributed by atoms with van der Waals surface area (Å²) < 4.78 is 11.5. The van der Waals surface area contributed by atoms with E-state index < -0.39 is 5.97 Å². The van der Waals surface area contributed by atoms with Gasteiger partial charge in [0.25, 0.3) is 5.91 Å². The van der Waals surface area contributed by atoms with Crippen molar-refractivity contribution in [1.29, 1.82) is 0 Å². The summed E-state index contributed by atoms with van der Waals surface area (Å²) in [6.45, 7) is 0.213. The number of benzene rings is 2. The number of methoxy groups -OCH3 is 1. The van der Waals surface area contributed by atoms with E-state index in [1.165, 1.54) is 29.7 Å². The van der Waals surface area contributed by atoms with Crippen LogP contribution >= 0.6 is 11.3 Å². The molecule has 5 rings (SSSR count). The van der Waals surface area contributed by atoms with E-state index in [1.807, 2.05) is 24.3 Å². The van der Waals surface area contributed by atoms with Crippen molar-refractivity contribution < 1.29 is 24.2 Å². The molecule has 39 heavy (non-hydrogen) atoms. The highest BCUT2D eigenvalue weighted by Crippen LogP contribution is 2.40. The quantitative estimate of drug-likeness (QED) is 0.290. The molecule has 0 atom stereocenters. The number of aryl methyl sites for hydroxylation is 1. The number of aromatic carboxylic acids is 1. The molecule has 0 bridgehead atoms. The van der Waals surface area contributed by atoms with E-state index in [4.69, 9.17) is 14.5 Å². The van der Waals surface area contributed by atoms with Gasteiger partial charge in [0.2, 0.25) is 0 Å². The van der Waals surface area contributed by atoms with E-state index in [9.17, 15) is 14.7 Å². The third-order valence-corrected chi connectivity index (χ3v) is 8.61. The van der Waals surface area contributed by atoms with Crippen molar-refractivity contribution >= 4 is 34.4 Å². The molecule has 204 valence electrons. The lowest BCUT2D eigenvalue weighted by atomic mass is 9.93. The molecule has 0 unspecified atom stereocenters. The van der Waals surface area contributed by atoms with Crippen molar-refractivity contribution in [2.45, 2.75) is 70.4 Å². The Labute approximate surface area is 232 Å². The highest BCUT2D eigenvalue weighted by atomic mass is 32.1. The summed E-state index contributed by atoms with van der Waals surface area (Å²) in [6, 6.07) is 12.5. The molecule has 2 aliphatic carbocycles. The Balaban J connectivity index is 1.33. The fraction of sp³-hybridized carbons (Fsp3) is 0.387. The number of rotatable bonds is 9. The Kier molecular flexibility index (Phi) is 8.61. The van der Waals surface area contributed by atoms with E-state index in [0.717, 1.165) is 60.2 Å². The lowest BCUT2D eigenvalue weighted by Gasteiger charge is -2.23. The smallest absolute Gasteiger partial charge is 0.335 e. The number of carbonyl (C=O) groups is 2. The monoisotopic (exact) mass is 546 g/mol. The predicted molar refractivity (Wildman–Crippen MR) is 153 cm³/mol. The summed E-state index contributed by atoms with van der Waals surface area (Å²) in [5, 5.41) is 13.3. The molecule has 8 heteroatoms. The maximum Gasteiger partial charge on any atom is 0.335 e. The molecule has 0 radical (unpaired) electrons. The average Bonchev–Trinajstić information content (AvgIpc) is 3.34. The van der Waals surface area contributed by atoms with Crippen molar-refractivity contribution in [3.63, 3.8) is 0 Å². The summed E-state index contributed by atoms with van der Waals surface area (Å²) in [5.74, 6) is 0.143. The minimum Gasteiger partial charge on any atom is -0.493 e. The zero-order chi connectivity index (χ0) is 27.2. The van der Waals surface area contributed by atoms with E-state index in [-0.39, 0.29) is 24.1 Å². The number of carbonyl (C=O) groups excluding carboxylic acids is 1. The van der Waals surface area contributed by atoms with Gasteiger partial charge in [-0.3, -0.25) is 4.79 Å². The third kappa shape index (κ3) is 6.50. The van der Waals surface area contributed by atoms with Crippen LogP contribution in [0.25, 0.3) is 0 Å². The normalized spacial score (nSPS) is 15.6. The topological polar surface area (TPSA) is 97.2 Å². The lowest BCUT2D eigenvalue weighted by Crippen LogP contribution is -2.36. The Morgan fingerprint density at radius 3 is 2.67 bits per heavy atom. The molecule has 7 nitrogen and oxygen atoms in total. The number of hydrogen-bond acceptors (Lipinski definition) is 6. The van der Waals surface area contributed by atoms with Crippen LogP contribution in [0.4, 0.5) is 5.00 Å². The zero-order valence-corrected chi connectivity index (χ0v) is 23.0.